The average molecular weight is 356 g/mol. The molecule has 4 heteroatoms. The molecule has 2 unspecified atom stereocenters. The lowest BCUT2D eigenvalue weighted by atomic mass is 9.96. The van der Waals surface area contributed by atoms with Gasteiger partial charge in [-0.3, -0.25) is 4.79 Å². The van der Waals surface area contributed by atoms with Gasteiger partial charge in [0.05, 0.1) is 0 Å². The number of carbonyl (C=O) groups is 1. The van der Waals surface area contributed by atoms with Crippen molar-refractivity contribution in [2.75, 3.05) is 31.1 Å². The molecular formula is C22H33N3O. The zero-order chi connectivity index (χ0) is 17.9. The smallest absolute Gasteiger partial charge is 0.226 e. The molecule has 4 nitrogen and oxygen atoms in total. The van der Waals surface area contributed by atoms with Crippen molar-refractivity contribution in [3.8, 4) is 0 Å². The summed E-state index contributed by atoms with van der Waals surface area (Å²) in [5.74, 6) is 1.80. The summed E-state index contributed by atoms with van der Waals surface area (Å²) in [5.41, 5.74) is 4.01. The van der Waals surface area contributed by atoms with Crippen molar-refractivity contribution in [3.63, 3.8) is 0 Å². The fourth-order valence-electron chi connectivity index (χ4n) is 4.65. The van der Waals surface area contributed by atoms with Gasteiger partial charge in [0.2, 0.25) is 5.91 Å². The highest BCUT2D eigenvalue weighted by molar-refractivity contribution is 5.94. The van der Waals surface area contributed by atoms with Gasteiger partial charge in [-0.2, -0.15) is 0 Å². The van der Waals surface area contributed by atoms with E-state index in [9.17, 15) is 4.79 Å². The van der Waals surface area contributed by atoms with Crippen LogP contribution in [0.2, 0.25) is 0 Å². The molecule has 26 heavy (non-hydrogen) atoms. The Balaban J connectivity index is 1.36. The van der Waals surface area contributed by atoms with Crippen LogP contribution >= 0.6 is 0 Å². The summed E-state index contributed by atoms with van der Waals surface area (Å²) in [5, 5.41) is 7.25. The zero-order valence-electron chi connectivity index (χ0n) is 16.1. The number of hydrogen-bond donors (Lipinski definition) is 2. The number of rotatable bonds is 6. The molecule has 0 aromatic heterocycles. The Hall–Kier alpha value is -1.39. The summed E-state index contributed by atoms with van der Waals surface area (Å²) in [7, 11) is 0. The van der Waals surface area contributed by atoms with Gasteiger partial charge in [-0.1, -0.05) is 19.1 Å². The quantitative estimate of drug-likeness (QED) is 0.824. The number of piperidine rings is 1. The summed E-state index contributed by atoms with van der Waals surface area (Å²) in [6.45, 7) is 6.50. The molecule has 2 fully saturated rings. The minimum absolute atomic E-state index is 0.286. The summed E-state index contributed by atoms with van der Waals surface area (Å²) in [6.07, 6.45) is 7.67. The molecule has 0 radical (unpaired) electrons. The van der Waals surface area contributed by atoms with Crippen LogP contribution in [-0.2, 0) is 11.2 Å². The van der Waals surface area contributed by atoms with Crippen LogP contribution in [0.25, 0.3) is 0 Å². The third kappa shape index (κ3) is 3.96. The van der Waals surface area contributed by atoms with Gasteiger partial charge in [0.15, 0.2) is 0 Å². The molecule has 1 saturated carbocycles. The fourth-order valence-corrected chi connectivity index (χ4v) is 4.65. The Morgan fingerprint density at radius 3 is 2.96 bits per heavy atom. The predicted octanol–water partition coefficient (Wildman–Crippen LogP) is 3.21. The first kappa shape index (κ1) is 18.0. The molecule has 0 bridgehead atoms. The normalized spacial score (nSPS) is 25.8. The lowest BCUT2D eigenvalue weighted by Gasteiger charge is -2.30. The topological polar surface area (TPSA) is 44.4 Å². The van der Waals surface area contributed by atoms with Gasteiger partial charge in [0, 0.05) is 30.6 Å². The zero-order valence-corrected chi connectivity index (χ0v) is 16.1. The number of aryl methyl sites for hydroxylation is 1. The third-order valence-corrected chi connectivity index (χ3v) is 6.33. The third-order valence-electron chi connectivity index (χ3n) is 6.33. The highest BCUT2D eigenvalue weighted by atomic mass is 16.2. The molecule has 0 spiro atoms. The van der Waals surface area contributed by atoms with Crippen molar-refractivity contribution in [2.24, 2.45) is 5.92 Å². The average Bonchev–Trinajstić information content (AvgIpc) is 3.46. The van der Waals surface area contributed by atoms with Gasteiger partial charge in [-0.15, -0.1) is 0 Å². The number of nitrogens with zero attached hydrogens (tertiary/aromatic N) is 1. The minimum atomic E-state index is 0.286. The first-order valence-electron chi connectivity index (χ1n) is 10.6. The van der Waals surface area contributed by atoms with Gasteiger partial charge < -0.3 is 15.5 Å². The van der Waals surface area contributed by atoms with Gasteiger partial charge in [0.1, 0.15) is 0 Å². The SMILES string of the molecule is CCCC(=O)N1CCCc2cc(C3CC3NCC3CCNCC3)ccc21. The van der Waals surface area contributed by atoms with Crippen LogP contribution < -0.4 is 15.5 Å². The molecule has 2 N–H and O–H groups in total. The second-order valence-corrected chi connectivity index (χ2v) is 8.34. The van der Waals surface area contributed by atoms with Gasteiger partial charge in [-0.25, -0.2) is 0 Å². The maximum absolute atomic E-state index is 12.4. The number of amides is 1. The van der Waals surface area contributed by atoms with Crippen LogP contribution in [0.4, 0.5) is 5.69 Å². The van der Waals surface area contributed by atoms with Crippen LogP contribution in [0.1, 0.15) is 62.5 Å². The van der Waals surface area contributed by atoms with Crippen molar-refractivity contribution < 1.29 is 4.79 Å². The lowest BCUT2D eigenvalue weighted by Crippen LogP contribution is -2.35. The van der Waals surface area contributed by atoms with E-state index in [2.05, 4.69) is 35.8 Å². The number of anilines is 1. The second-order valence-electron chi connectivity index (χ2n) is 8.34. The molecule has 1 aromatic rings. The van der Waals surface area contributed by atoms with E-state index in [-0.39, 0.29) is 5.91 Å². The predicted molar refractivity (Wildman–Crippen MR) is 107 cm³/mol. The van der Waals surface area contributed by atoms with E-state index >= 15 is 0 Å². The van der Waals surface area contributed by atoms with E-state index in [1.807, 2.05) is 4.90 Å². The lowest BCUT2D eigenvalue weighted by molar-refractivity contribution is -0.118. The molecule has 1 saturated heterocycles. The van der Waals surface area contributed by atoms with E-state index in [1.165, 1.54) is 55.7 Å². The van der Waals surface area contributed by atoms with E-state index in [4.69, 9.17) is 0 Å². The standard InChI is InChI=1S/C22H33N3O/c1-2-4-22(26)25-12-3-5-18-13-17(6-7-21(18)25)19-14-20(19)24-15-16-8-10-23-11-9-16/h6-7,13,16,19-20,23-24H,2-5,8-12,14-15H2,1H3. The molecule has 2 heterocycles. The molecule has 1 amide bonds. The number of hydrogen-bond acceptors (Lipinski definition) is 3. The Kier molecular flexibility index (Phi) is 5.60. The van der Waals surface area contributed by atoms with E-state index < -0.39 is 0 Å². The number of carbonyl (C=O) groups excluding carboxylic acids is 1. The van der Waals surface area contributed by atoms with Crippen molar-refractivity contribution >= 4 is 11.6 Å². The molecule has 3 aliphatic rings. The minimum Gasteiger partial charge on any atom is -0.317 e. The fraction of sp³-hybridized carbons (Fsp3) is 0.682. The monoisotopic (exact) mass is 355 g/mol. The maximum Gasteiger partial charge on any atom is 0.226 e. The first-order valence-corrected chi connectivity index (χ1v) is 10.6. The Labute approximate surface area is 157 Å². The molecule has 2 atom stereocenters. The van der Waals surface area contributed by atoms with Crippen LogP contribution in [0, 0.1) is 5.92 Å². The van der Waals surface area contributed by atoms with Crippen molar-refractivity contribution in [1.29, 1.82) is 0 Å². The Morgan fingerprint density at radius 2 is 2.15 bits per heavy atom. The largest absolute Gasteiger partial charge is 0.317 e. The Bertz CT molecular complexity index is 638. The second kappa shape index (κ2) is 8.10. The molecule has 1 aliphatic carbocycles. The molecule has 142 valence electrons. The summed E-state index contributed by atoms with van der Waals surface area (Å²) in [4.78, 5) is 14.4. The van der Waals surface area contributed by atoms with Crippen molar-refractivity contribution in [3.05, 3.63) is 29.3 Å². The molecule has 2 aliphatic heterocycles. The van der Waals surface area contributed by atoms with Crippen LogP contribution in [0.5, 0.6) is 0 Å². The first-order chi connectivity index (χ1) is 12.8. The summed E-state index contributed by atoms with van der Waals surface area (Å²) >= 11 is 0. The number of nitrogens with one attached hydrogen (secondary N) is 2. The number of fused-ring (bicyclic) bond motifs is 1. The maximum atomic E-state index is 12.4. The van der Waals surface area contributed by atoms with Crippen molar-refractivity contribution in [1.82, 2.24) is 10.6 Å². The molecule has 1 aromatic carbocycles. The summed E-state index contributed by atoms with van der Waals surface area (Å²) < 4.78 is 0. The summed E-state index contributed by atoms with van der Waals surface area (Å²) in [6, 6.07) is 7.52. The van der Waals surface area contributed by atoms with Crippen molar-refractivity contribution in [2.45, 2.75) is 63.8 Å². The molecule has 4 rings (SSSR count). The van der Waals surface area contributed by atoms with Gasteiger partial charge in [0.25, 0.3) is 0 Å². The van der Waals surface area contributed by atoms with Gasteiger partial charge >= 0.3 is 0 Å². The van der Waals surface area contributed by atoms with Crippen LogP contribution in [0.3, 0.4) is 0 Å². The van der Waals surface area contributed by atoms with E-state index in [0.29, 0.717) is 18.4 Å². The molecular weight excluding hydrogens is 322 g/mol. The van der Waals surface area contributed by atoms with Crippen LogP contribution in [0.15, 0.2) is 18.2 Å². The van der Waals surface area contributed by atoms with E-state index in [0.717, 1.165) is 31.7 Å². The van der Waals surface area contributed by atoms with E-state index in [1.54, 1.807) is 0 Å². The Morgan fingerprint density at radius 1 is 1.31 bits per heavy atom. The van der Waals surface area contributed by atoms with Gasteiger partial charge in [-0.05, 0) is 81.3 Å². The number of benzene rings is 1. The highest BCUT2D eigenvalue weighted by Crippen LogP contribution is 2.43. The van der Waals surface area contributed by atoms with Crippen LogP contribution in [-0.4, -0.2) is 38.1 Å². The highest BCUT2D eigenvalue weighted by Gasteiger charge is 2.38.